The van der Waals surface area contributed by atoms with Crippen LogP contribution in [0.15, 0.2) is 23.6 Å². The molecule has 0 atom stereocenters. The average molecular weight is 347 g/mol. The van der Waals surface area contributed by atoms with Gasteiger partial charge in [0.05, 0.1) is 5.69 Å². The molecule has 1 aromatic heterocycles. The van der Waals surface area contributed by atoms with E-state index in [2.05, 4.69) is 22.1 Å². The molecule has 1 N–H and O–H groups in total. The smallest absolute Gasteiger partial charge is 0.257 e. The van der Waals surface area contributed by atoms with Gasteiger partial charge in [-0.15, -0.1) is 11.3 Å². The fraction of sp³-hybridized carbons (Fsp3) is 0.444. The van der Waals surface area contributed by atoms with Crippen LogP contribution in [0.4, 0.5) is 9.52 Å². The zero-order valence-electron chi connectivity index (χ0n) is 14.0. The number of aromatic nitrogens is 1. The molecule has 1 fully saturated rings. The van der Waals surface area contributed by atoms with E-state index in [-0.39, 0.29) is 11.7 Å². The van der Waals surface area contributed by atoms with Crippen LogP contribution in [0.25, 0.3) is 0 Å². The monoisotopic (exact) mass is 347 g/mol. The molecule has 0 spiro atoms. The number of nitrogens with one attached hydrogen (secondary N) is 1. The van der Waals surface area contributed by atoms with Gasteiger partial charge in [0.15, 0.2) is 5.13 Å². The van der Waals surface area contributed by atoms with Crippen LogP contribution in [-0.4, -0.2) is 28.9 Å². The number of nitrogens with zero attached hydrogens (tertiary/aromatic N) is 2. The second-order valence-corrected chi connectivity index (χ2v) is 7.38. The second kappa shape index (κ2) is 7.40. The predicted molar refractivity (Wildman–Crippen MR) is 94.9 cm³/mol. The van der Waals surface area contributed by atoms with Crippen LogP contribution in [0.2, 0.25) is 0 Å². The van der Waals surface area contributed by atoms with E-state index in [1.165, 1.54) is 30.2 Å². The molecular formula is C18H22FN3OS. The number of aryl methyl sites for hydroxylation is 1. The molecule has 1 amide bonds. The Morgan fingerprint density at radius 1 is 1.42 bits per heavy atom. The van der Waals surface area contributed by atoms with Gasteiger partial charge in [-0.2, -0.15) is 0 Å². The van der Waals surface area contributed by atoms with Crippen LogP contribution in [0.3, 0.4) is 0 Å². The molecule has 1 saturated heterocycles. The van der Waals surface area contributed by atoms with Crippen LogP contribution in [0, 0.1) is 18.7 Å². The molecule has 4 nitrogen and oxygen atoms in total. The third kappa shape index (κ3) is 4.19. The summed E-state index contributed by atoms with van der Waals surface area (Å²) in [5, 5.41) is 5.29. The van der Waals surface area contributed by atoms with Crippen molar-refractivity contribution in [2.24, 2.45) is 5.92 Å². The summed E-state index contributed by atoms with van der Waals surface area (Å²) in [4.78, 5) is 19.1. The highest BCUT2D eigenvalue weighted by Gasteiger charge is 2.17. The summed E-state index contributed by atoms with van der Waals surface area (Å²) in [6.07, 6.45) is 2.46. The first kappa shape index (κ1) is 17.0. The average Bonchev–Trinajstić information content (AvgIpc) is 2.99. The van der Waals surface area contributed by atoms with Crippen molar-refractivity contribution in [1.82, 2.24) is 9.88 Å². The molecule has 0 aliphatic carbocycles. The summed E-state index contributed by atoms with van der Waals surface area (Å²) < 4.78 is 13.6. The maximum absolute atomic E-state index is 13.6. The van der Waals surface area contributed by atoms with Crippen LogP contribution in [0.1, 0.15) is 41.4 Å². The molecule has 0 radical (unpaired) electrons. The summed E-state index contributed by atoms with van der Waals surface area (Å²) in [6, 6.07) is 4.49. The van der Waals surface area contributed by atoms with Gasteiger partial charge in [-0.25, -0.2) is 9.37 Å². The van der Waals surface area contributed by atoms with E-state index in [1.54, 1.807) is 19.1 Å². The van der Waals surface area contributed by atoms with Crippen molar-refractivity contribution < 1.29 is 9.18 Å². The molecule has 0 saturated carbocycles. The van der Waals surface area contributed by atoms with Crippen LogP contribution < -0.4 is 5.32 Å². The topological polar surface area (TPSA) is 45.2 Å². The van der Waals surface area contributed by atoms with E-state index in [9.17, 15) is 9.18 Å². The van der Waals surface area contributed by atoms with E-state index in [1.807, 2.05) is 5.38 Å². The number of hydrogen-bond donors (Lipinski definition) is 1. The lowest BCUT2D eigenvalue weighted by molar-refractivity contribution is 0.102. The summed E-state index contributed by atoms with van der Waals surface area (Å²) in [5.41, 5.74) is 1.80. The van der Waals surface area contributed by atoms with Crippen molar-refractivity contribution in [2.75, 3.05) is 18.4 Å². The Morgan fingerprint density at radius 3 is 2.88 bits per heavy atom. The molecule has 0 unspecified atom stereocenters. The minimum atomic E-state index is -0.373. The molecule has 1 aliphatic rings. The summed E-state index contributed by atoms with van der Waals surface area (Å²) in [6.45, 7) is 6.98. The predicted octanol–water partition coefficient (Wildman–Crippen LogP) is 4.07. The van der Waals surface area contributed by atoms with Gasteiger partial charge in [0.1, 0.15) is 5.82 Å². The number of halogens is 1. The van der Waals surface area contributed by atoms with Gasteiger partial charge in [-0.05, 0) is 56.5 Å². The van der Waals surface area contributed by atoms with E-state index in [4.69, 9.17) is 0 Å². The van der Waals surface area contributed by atoms with Gasteiger partial charge in [0.2, 0.25) is 0 Å². The van der Waals surface area contributed by atoms with Gasteiger partial charge in [0.25, 0.3) is 5.91 Å². The Kier molecular flexibility index (Phi) is 5.26. The van der Waals surface area contributed by atoms with Gasteiger partial charge < -0.3 is 0 Å². The first-order chi connectivity index (χ1) is 11.5. The van der Waals surface area contributed by atoms with Crippen molar-refractivity contribution in [3.63, 3.8) is 0 Å². The highest BCUT2D eigenvalue weighted by Crippen LogP contribution is 2.21. The van der Waals surface area contributed by atoms with Gasteiger partial charge >= 0.3 is 0 Å². The molecule has 0 bridgehead atoms. The van der Waals surface area contributed by atoms with E-state index in [0.717, 1.165) is 31.2 Å². The maximum atomic E-state index is 13.6. The summed E-state index contributed by atoms with van der Waals surface area (Å²) in [7, 11) is 0. The van der Waals surface area contributed by atoms with Crippen molar-refractivity contribution in [2.45, 2.75) is 33.2 Å². The Labute approximate surface area is 145 Å². The first-order valence-electron chi connectivity index (χ1n) is 8.25. The number of anilines is 1. The molecule has 2 aromatic rings. The lowest BCUT2D eigenvalue weighted by Crippen LogP contribution is -2.32. The van der Waals surface area contributed by atoms with Crippen LogP contribution in [0.5, 0.6) is 0 Å². The molecule has 128 valence electrons. The summed E-state index contributed by atoms with van der Waals surface area (Å²) in [5.74, 6) is 0.102. The molecule has 3 rings (SSSR count). The lowest BCUT2D eigenvalue weighted by Gasteiger charge is -2.29. The number of likely N-dealkylation sites (tertiary alicyclic amines) is 1. The molecule has 2 heterocycles. The Morgan fingerprint density at radius 2 is 2.17 bits per heavy atom. The fourth-order valence-corrected chi connectivity index (χ4v) is 3.49. The Bertz CT molecular complexity index is 723. The zero-order chi connectivity index (χ0) is 17.1. The van der Waals surface area contributed by atoms with E-state index >= 15 is 0 Å². The van der Waals surface area contributed by atoms with Crippen molar-refractivity contribution in [3.8, 4) is 0 Å². The first-order valence-corrected chi connectivity index (χ1v) is 9.13. The second-order valence-electron chi connectivity index (χ2n) is 6.52. The van der Waals surface area contributed by atoms with Crippen molar-refractivity contribution >= 4 is 22.4 Å². The van der Waals surface area contributed by atoms with Crippen LogP contribution in [-0.2, 0) is 6.54 Å². The van der Waals surface area contributed by atoms with Gasteiger partial charge in [-0.3, -0.25) is 15.0 Å². The highest BCUT2D eigenvalue weighted by atomic mass is 32.1. The number of rotatable bonds is 4. The SMILES string of the molecule is Cc1ccc(C(=O)Nc2nc(CN3CCC(C)CC3)cs2)cc1F. The highest BCUT2D eigenvalue weighted by molar-refractivity contribution is 7.13. The number of carbonyl (C=O) groups is 1. The third-order valence-electron chi connectivity index (χ3n) is 4.47. The van der Waals surface area contributed by atoms with Gasteiger partial charge in [0, 0.05) is 17.5 Å². The third-order valence-corrected chi connectivity index (χ3v) is 5.27. The molecule has 1 aliphatic heterocycles. The number of hydrogen-bond acceptors (Lipinski definition) is 4. The zero-order valence-corrected chi connectivity index (χ0v) is 14.8. The lowest BCUT2D eigenvalue weighted by atomic mass is 9.99. The number of piperidine rings is 1. The van der Waals surface area contributed by atoms with E-state index < -0.39 is 0 Å². The van der Waals surface area contributed by atoms with Gasteiger partial charge in [-0.1, -0.05) is 13.0 Å². The Balaban J connectivity index is 1.59. The van der Waals surface area contributed by atoms with Crippen molar-refractivity contribution in [3.05, 3.63) is 46.2 Å². The number of benzene rings is 1. The molecule has 1 aromatic carbocycles. The number of amides is 1. The largest absolute Gasteiger partial charge is 0.298 e. The van der Waals surface area contributed by atoms with Crippen molar-refractivity contribution in [1.29, 1.82) is 0 Å². The fourth-order valence-electron chi connectivity index (χ4n) is 2.79. The van der Waals surface area contributed by atoms with Crippen LogP contribution >= 0.6 is 11.3 Å². The number of thiazole rings is 1. The number of carbonyl (C=O) groups excluding carboxylic acids is 1. The molecular weight excluding hydrogens is 325 g/mol. The maximum Gasteiger partial charge on any atom is 0.257 e. The molecule has 24 heavy (non-hydrogen) atoms. The quantitative estimate of drug-likeness (QED) is 0.906. The standard InChI is InChI=1S/C18H22FN3OS/c1-12-5-7-22(8-6-12)10-15-11-24-18(20-15)21-17(23)14-4-3-13(2)16(19)9-14/h3-4,9,11-12H,5-8,10H2,1-2H3,(H,20,21,23). The summed E-state index contributed by atoms with van der Waals surface area (Å²) >= 11 is 1.41. The minimum Gasteiger partial charge on any atom is -0.298 e. The Hall–Kier alpha value is -1.79. The molecule has 6 heteroatoms. The normalized spacial score (nSPS) is 16.3. The minimum absolute atomic E-state index is 0.305. The van der Waals surface area contributed by atoms with E-state index in [0.29, 0.717) is 16.3 Å².